The summed E-state index contributed by atoms with van der Waals surface area (Å²) in [6.07, 6.45) is 1.73. The van der Waals surface area contributed by atoms with E-state index in [2.05, 4.69) is 33.0 Å². The second kappa shape index (κ2) is 7.42. The van der Waals surface area contributed by atoms with Crippen LogP contribution >= 0.6 is 15.9 Å². The van der Waals surface area contributed by atoms with E-state index < -0.39 is 0 Å². The highest BCUT2D eigenvalue weighted by molar-refractivity contribution is 9.10. The first kappa shape index (κ1) is 15.8. The van der Waals surface area contributed by atoms with E-state index in [0.29, 0.717) is 29.8 Å². The van der Waals surface area contributed by atoms with E-state index in [-0.39, 0.29) is 6.61 Å². The van der Waals surface area contributed by atoms with Gasteiger partial charge in [0.25, 0.3) is 0 Å². The minimum absolute atomic E-state index is 0.212. The molecule has 1 aromatic carbocycles. The summed E-state index contributed by atoms with van der Waals surface area (Å²) in [4.78, 5) is 4.26. The fourth-order valence-electron chi connectivity index (χ4n) is 1.83. The molecule has 7 heteroatoms. The molecular weight excluding hydrogens is 338 g/mol. The molecule has 0 aliphatic rings. The lowest BCUT2D eigenvalue weighted by molar-refractivity contribution is 0.267. The smallest absolute Gasteiger partial charge is 0.226 e. The van der Waals surface area contributed by atoms with Gasteiger partial charge in [0.15, 0.2) is 18.1 Å². The van der Waals surface area contributed by atoms with Gasteiger partial charge in [0, 0.05) is 13.0 Å². The Kier molecular flexibility index (Phi) is 5.58. The van der Waals surface area contributed by atoms with Crippen molar-refractivity contribution in [2.75, 3.05) is 7.11 Å². The van der Waals surface area contributed by atoms with Crippen molar-refractivity contribution in [3.63, 3.8) is 0 Å². The minimum Gasteiger partial charge on any atom is -0.493 e. The number of nitrogens with zero attached hydrogens (tertiary/aromatic N) is 2. The number of ether oxygens (including phenoxy) is 2. The second-order valence-corrected chi connectivity index (χ2v) is 5.31. The summed E-state index contributed by atoms with van der Waals surface area (Å²) in [5, 5.41) is 3.88. The molecule has 1 aromatic heterocycles. The molecule has 21 heavy (non-hydrogen) atoms. The van der Waals surface area contributed by atoms with Gasteiger partial charge in [-0.15, -0.1) is 0 Å². The zero-order chi connectivity index (χ0) is 15.2. The number of halogens is 1. The van der Waals surface area contributed by atoms with Gasteiger partial charge in [0.1, 0.15) is 0 Å². The minimum atomic E-state index is 0.212. The van der Waals surface area contributed by atoms with Gasteiger partial charge < -0.3 is 19.7 Å². The van der Waals surface area contributed by atoms with Crippen LogP contribution < -0.4 is 15.2 Å². The van der Waals surface area contributed by atoms with Crippen molar-refractivity contribution >= 4 is 15.9 Å². The molecule has 0 aliphatic heterocycles. The third-order valence-corrected chi connectivity index (χ3v) is 3.43. The van der Waals surface area contributed by atoms with Crippen molar-refractivity contribution in [3.8, 4) is 11.5 Å². The van der Waals surface area contributed by atoms with Crippen molar-refractivity contribution in [2.24, 2.45) is 5.73 Å². The Morgan fingerprint density at radius 2 is 2.19 bits per heavy atom. The molecular formula is C14H18BrN3O3. The molecule has 0 amide bonds. The maximum Gasteiger partial charge on any atom is 0.226 e. The number of aryl methyl sites for hydroxylation is 1. The molecule has 2 rings (SSSR count). The lowest BCUT2D eigenvalue weighted by atomic mass is 10.2. The van der Waals surface area contributed by atoms with Crippen LogP contribution in [0.4, 0.5) is 0 Å². The summed E-state index contributed by atoms with van der Waals surface area (Å²) in [5.74, 6) is 2.34. The monoisotopic (exact) mass is 355 g/mol. The SMILES string of the molecule is CCCc1nc(COc2c(Br)cc(CN)cc2OC)no1. The van der Waals surface area contributed by atoms with Crippen LogP contribution in [0.25, 0.3) is 0 Å². The summed E-state index contributed by atoms with van der Waals surface area (Å²) in [6, 6.07) is 3.75. The molecule has 0 spiro atoms. The number of rotatable bonds is 7. The fraction of sp³-hybridized carbons (Fsp3) is 0.429. The average molecular weight is 356 g/mol. The maximum absolute atomic E-state index is 5.74. The molecule has 0 radical (unpaired) electrons. The van der Waals surface area contributed by atoms with Crippen molar-refractivity contribution < 1.29 is 14.0 Å². The summed E-state index contributed by atoms with van der Waals surface area (Å²) in [6.45, 7) is 2.70. The van der Waals surface area contributed by atoms with E-state index in [1.165, 1.54) is 0 Å². The first-order valence-corrected chi connectivity index (χ1v) is 7.48. The Morgan fingerprint density at radius 1 is 1.38 bits per heavy atom. The molecule has 0 aliphatic carbocycles. The Labute approximate surface area is 131 Å². The number of aromatic nitrogens is 2. The highest BCUT2D eigenvalue weighted by atomic mass is 79.9. The van der Waals surface area contributed by atoms with Crippen LogP contribution in [0, 0.1) is 0 Å². The van der Waals surface area contributed by atoms with Crippen molar-refractivity contribution in [1.29, 1.82) is 0 Å². The second-order valence-electron chi connectivity index (χ2n) is 4.46. The molecule has 0 saturated heterocycles. The highest BCUT2D eigenvalue weighted by Crippen LogP contribution is 2.37. The summed E-state index contributed by atoms with van der Waals surface area (Å²) in [5.41, 5.74) is 6.59. The topological polar surface area (TPSA) is 83.4 Å². The van der Waals surface area contributed by atoms with Gasteiger partial charge >= 0.3 is 0 Å². The van der Waals surface area contributed by atoms with Crippen molar-refractivity contribution in [2.45, 2.75) is 32.9 Å². The van der Waals surface area contributed by atoms with E-state index in [4.69, 9.17) is 19.7 Å². The lowest BCUT2D eigenvalue weighted by Gasteiger charge is -2.12. The Morgan fingerprint density at radius 3 is 2.86 bits per heavy atom. The van der Waals surface area contributed by atoms with Gasteiger partial charge in [0.2, 0.25) is 11.7 Å². The normalized spacial score (nSPS) is 10.7. The number of hydrogen-bond acceptors (Lipinski definition) is 6. The lowest BCUT2D eigenvalue weighted by Crippen LogP contribution is -2.03. The van der Waals surface area contributed by atoms with Crippen LogP contribution in [0.2, 0.25) is 0 Å². The van der Waals surface area contributed by atoms with E-state index in [1.807, 2.05) is 12.1 Å². The van der Waals surface area contributed by atoms with E-state index in [9.17, 15) is 0 Å². The Hall–Kier alpha value is -1.60. The van der Waals surface area contributed by atoms with Gasteiger partial charge in [-0.1, -0.05) is 12.1 Å². The molecule has 0 fully saturated rings. The zero-order valence-electron chi connectivity index (χ0n) is 12.1. The van der Waals surface area contributed by atoms with Crippen molar-refractivity contribution in [1.82, 2.24) is 10.1 Å². The van der Waals surface area contributed by atoms with Crippen LogP contribution in [-0.2, 0) is 19.6 Å². The summed E-state index contributed by atoms with van der Waals surface area (Å²) in [7, 11) is 1.59. The molecule has 2 N–H and O–H groups in total. The van der Waals surface area contributed by atoms with E-state index in [0.717, 1.165) is 22.9 Å². The molecule has 0 bridgehead atoms. The Balaban J connectivity index is 2.11. The van der Waals surface area contributed by atoms with Crippen molar-refractivity contribution in [3.05, 3.63) is 33.9 Å². The molecule has 0 atom stereocenters. The summed E-state index contributed by atoms with van der Waals surface area (Å²) < 4.78 is 17.0. The van der Waals surface area contributed by atoms with Gasteiger partial charge in [-0.25, -0.2) is 0 Å². The maximum atomic E-state index is 5.74. The fourth-order valence-corrected chi connectivity index (χ4v) is 2.44. The molecule has 1 heterocycles. The number of hydrogen-bond donors (Lipinski definition) is 1. The molecule has 114 valence electrons. The van der Waals surface area contributed by atoms with Gasteiger partial charge in [0.05, 0.1) is 11.6 Å². The third kappa shape index (κ3) is 3.95. The third-order valence-electron chi connectivity index (χ3n) is 2.84. The largest absolute Gasteiger partial charge is 0.493 e. The van der Waals surface area contributed by atoms with Crippen LogP contribution in [0.5, 0.6) is 11.5 Å². The first-order valence-electron chi connectivity index (χ1n) is 6.68. The predicted octanol–water partition coefficient (Wildman–Crippen LogP) is 2.83. The molecule has 0 saturated carbocycles. The predicted molar refractivity (Wildman–Crippen MR) is 81.2 cm³/mol. The molecule has 6 nitrogen and oxygen atoms in total. The quantitative estimate of drug-likeness (QED) is 0.821. The van der Waals surface area contributed by atoms with E-state index >= 15 is 0 Å². The average Bonchev–Trinajstić information content (AvgIpc) is 2.93. The molecule has 2 aromatic rings. The van der Waals surface area contributed by atoms with Gasteiger partial charge in [-0.05, 0) is 40.0 Å². The number of nitrogens with two attached hydrogens (primary N) is 1. The molecule has 0 unspecified atom stereocenters. The van der Waals surface area contributed by atoms with Crippen LogP contribution in [0.15, 0.2) is 21.1 Å². The number of benzene rings is 1. The zero-order valence-corrected chi connectivity index (χ0v) is 13.6. The number of methoxy groups -OCH3 is 1. The van der Waals surface area contributed by atoms with Crippen LogP contribution in [0.3, 0.4) is 0 Å². The van der Waals surface area contributed by atoms with Gasteiger partial charge in [-0.2, -0.15) is 4.98 Å². The Bertz CT molecular complexity index is 601. The first-order chi connectivity index (χ1) is 10.2. The van der Waals surface area contributed by atoms with Gasteiger partial charge in [-0.3, -0.25) is 0 Å². The highest BCUT2D eigenvalue weighted by Gasteiger charge is 2.13. The summed E-state index contributed by atoms with van der Waals surface area (Å²) >= 11 is 3.46. The standard InChI is InChI=1S/C14H18BrN3O3/c1-3-4-13-17-12(18-21-13)8-20-14-10(15)5-9(7-16)6-11(14)19-2/h5-6H,3-4,7-8,16H2,1-2H3. The van der Waals surface area contributed by atoms with Crippen LogP contribution in [0.1, 0.15) is 30.6 Å². The van der Waals surface area contributed by atoms with E-state index in [1.54, 1.807) is 7.11 Å². The van der Waals surface area contributed by atoms with Crippen LogP contribution in [-0.4, -0.2) is 17.3 Å².